The van der Waals surface area contributed by atoms with Gasteiger partial charge in [-0.1, -0.05) is 36.4 Å². The SMILES string of the molecule is C[C@@H]([NH2+][C@@H](c1ccccc1)c1cccs1)c1nnc(-c2ccc([N+](=O)[O-])cc2)o1. The predicted octanol–water partition coefficient (Wildman–Crippen LogP) is 4.12. The molecule has 2 heterocycles. The van der Waals surface area contributed by atoms with Crippen LogP contribution in [0.25, 0.3) is 11.5 Å². The molecule has 0 unspecified atom stereocenters. The molecule has 0 spiro atoms. The molecule has 146 valence electrons. The highest BCUT2D eigenvalue weighted by Crippen LogP contribution is 2.25. The largest absolute Gasteiger partial charge is 0.415 e. The van der Waals surface area contributed by atoms with Gasteiger partial charge in [-0.05, 0) is 30.5 Å². The molecule has 0 saturated heterocycles. The second-order valence-corrected chi connectivity index (χ2v) is 7.61. The number of hydrogen-bond acceptors (Lipinski definition) is 6. The zero-order valence-corrected chi connectivity index (χ0v) is 16.5. The lowest BCUT2D eigenvalue weighted by molar-refractivity contribution is -0.725. The molecule has 2 N–H and O–H groups in total. The highest BCUT2D eigenvalue weighted by atomic mass is 32.1. The van der Waals surface area contributed by atoms with Crippen molar-refractivity contribution < 1.29 is 14.7 Å². The van der Waals surface area contributed by atoms with Gasteiger partial charge < -0.3 is 9.73 Å². The summed E-state index contributed by atoms with van der Waals surface area (Å²) in [6.07, 6.45) is 0. The van der Waals surface area contributed by atoms with Crippen LogP contribution in [0, 0.1) is 10.1 Å². The molecule has 0 aliphatic heterocycles. The monoisotopic (exact) mass is 407 g/mol. The van der Waals surface area contributed by atoms with Crippen molar-refractivity contribution in [3.63, 3.8) is 0 Å². The first-order valence-corrected chi connectivity index (χ1v) is 10.0. The lowest BCUT2D eigenvalue weighted by Crippen LogP contribution is -2.85. The molecule has 7 nitrogen and oxygen atoms in total. The number of nitrogens with two attached hydrogens (primary N) is 1. The van der Waals surface area contributed by atoms with Gasteiger partial charge in [0, 0.05) is 23.3 Å². The molecule has 2 aromatic carbocycles. The van der Waals surface area contributed by atoms with Crippen LogP contribution in [0.4, 0.5) is 5.69 Å². The Morgan fingerprint density at radius 1 is 1.03 bits per heavy atom. The fourth-order valence-corrected chi connectivity index (χ4v) is 3.96. The number of non-ortho nitro benzene ring substituents is 1. The number of nitrogens with zero attached hydrogens (tertiary/aromatic N) is 3. The average Bonchev–Trinajstić information content (AvgIpc) is 3.45. The smallest absolute Gasteiger partial charge is 0.274 e. The molecule has 0 saturated carbocycles. The Labute approximate surface area is 171 Å². The lowest BCUT2D eigenvalue weighted by atomic mass is 10.0. The van der Waals surface area contributed by atoms with Crippen molar-refractivity contribution in [1.29, 1.82) is 0 Å². The van der Waals surface area contributed by atoms with Crippen molar-refractivity contribution in [3.8, 4) is 11.5 Å². The number of thiophene rings is 1. The molecule has 2 atom stereocenters. The van der Waals surface area contributed by atoms with E-state index in [1.165, 1.54) is 22.6 Å². The first-order chi connectivity index (χ1) is 14.1. The second-order valence-electron chi connectivity index (χ2n) is 6.63. The van der Waals surface area contributed by atoms with Gasteiger partial charge in [-0.2, -0.15) is 0 Å². The lowest BCUT2D eigenvalue weighted by Gasteiger charge is -2.17. The maximum Gasteiger partial charge on any atom is 0.274 e. The van der Waals surface area contributed by atoms with Gasteiger partial charge >= 0.3 is 0 Å². The van der Waals surface area contributed by atoms with E-state index in [2.05, 4.69) is 39.1 Å². The number of aromatic nitrogens is 2. The van der Waals surface area contributed by atoms with Gasteiger partial charge in [0.25, 0.3) is 11.6 Å². The van der Waals surface area contributed by atoms with Crippen molar-refractivity contribution in [2.24, 2.45) is 0 Å². The molecular formula is C21H19N4O3S+. The number of nitro groups is 1. The number of nitro benzene ring substituents is 1. The first-order valence-electron chi connectivity index (χ1n) is 9.13. The van der Waals surface area contributed by atoms with E-state index in [0.717, 1.165) is 0 Å². The van der Waals surface area contributed by atoms with Gasteiger partial charge in [-0.15, -0.1) is 21.5 Å². The standard InChI is InChI=1S/C21H18N4O3S/c1-14(22-19(18-8-5-13-29-18)15-6-3-2-4-7-15)20-23-24-21(28-20)16-9-11-17(12-10-16)25(26)27/h2-14,19,22H,1H3/p+1/t14-,19+/m1/s1. The topological polar surface area (TPSA) is 98.7 Å². The highest BCUT2D eigenvalue weighted by molar-refractivity contribution is 7.10. The van der Waals surface area contributed by atoms with Gasteiger partial charge in [-0.3, -0.25) is 10.1 Å². The molecule has 0 amide bonds. The molecule has 4 aromatic rings. The van der Waals surface area contributed by atoms with E-state index >= 15 is 0 Å². The van der Waals surface area contributed by atoms with E-state index < -0.39 is 4.92 Å². The molecule has 4 rings (SSSR count). The second kappa shape index (κ2) is 8.34. The number of quaternary nitrogens is 1. The molecular weight excluding hydrogens is 388 g/mol. The fourth-order valence-electron chi connectivity index (χ4n) is 3.13. The third-order valence-electron chi connectivity index (χ3n) is 4.64. The summed E-state index contributed by atoms with van der Waals surface area (Å²) in [7, 11) is 0. The van der Waals surface area contributed by atoms with Crippen molar-refractivity contribution in [1.82, 2.24) is 10.2 Å². The Balaban J connectivity index is 1.55. The number of rotatable bonds is 7. The predicted molar refractivity (Wildman–Crippen MR) is 109 cm³/mol. The summed E-state index contributed by atoms with van der Waals surface area (Å²) in [5.41, 5.74) is 1.88. The molecule has 0 fully saturated rings. The normalized spacial score (nSPS) is 13.1. The van der Waals surface area contributed by atoms with Gasteiger partial charge in [-0.25, -0.2) is 0 Å². The minimum Gasteiger partial charge on any atom is -0.415 e. The van der Waals surface area contributed by atoms with Crippen LogP contribution in [0.2, 0.25) is 0 Å². The van der Waals surface area contributed by atoms with Gasteiger partial charge in [0.15, 0.2) is 6.04 Å². The molecule has 0 aliphatic carbocycles. The Bertz CT molecular complexity index is 1080. The number of benzene rings is 2. The van der Waals surface area contributed by atoms with Crippen LogP contribution in [0.5, 0.6) is 0 Å². The van der Waals surface area contributed by atoms with E-state index in [9.17, 15) is 10.1 Å². The van der Waals surface area contributed by atoms with Gasteiger partial charge in [0.2, 0.25) is 5.89 Å². The van der Waals surface area contributed by atoms with Crippen LogP contribution < -0.4 is 5.32 Å². The van der Waals surface area contributed by atoms with Crippen molar-refractivity contribution in [2.45, 2.75) is 19.0 Å². The van der Waals surface area contributed by atoms with Crippen LogP contribution in [0.1, 0.15) is 35.3 Å². The van der Waals surface area contributed by atoms with Gasteiger partial charge in [0.1, 0.15) is 6.04 Å². The molecule has 29 heavy (non-hydrogen) atoms. The Morgan fingerprint density at radius 2 is 1.79 bits per heavy atom. The maximum atomic E-state index is 10.8. The third-order valence-corrected chi connectivity index (χ3v) is 5.60. The van der Waals surface area contributed by atoms with E-state index in [-0.39, 0.29) is 17.8 Å². The van der Waals surface area contributed by atoms with Crippen molar-refractivity contribution in [2.75, 3.05) is 0 Å². The summed E-state index contributed by atoms with van der Waals surface area (Å²) in [6.45, 7) is 2.02. The summed E-state index contributed by atoms with van der Waals surface area (Å²) in [4.78, 5) is 11.6. The third kappa shape index (κ3) is 4.23. The van der Waals surface area contributed by atoms with Crippen LogP contribution in [0.15, 0.2) is 76.5 Å². The van der Waals surface area contributed by atoms with Crippen LogP contribution in [-0.2, 0) is 0 Å². The Hall–Kier alpha value is -3.36. The maximum absolute atomic E-state index is 10.8. The van der Waals surface area contributed by atoms with E-state index in [1.54, 1.807) is 23.5 Å². The van der Waals surface area contributed by atoms with Crippen LogP contribution in [-0.4, -0.2) is 15.1 Å². The van der Waals surface area contributed by atoms with Crippen molar-refractivity contribution >= 4 is 17.0 Å². The Kier molecular flexibility index (Phi) is 5.46. The average molecular weight is 407 g/mol. The number of hydrogen-bond donors (Lipinski definition) is 1. The van der Waals surface area contributed by atoms with Crippen molar-refractivity contribution in [3.05, 3.63) is 98.6 Å². The highest BCUT2D eigenvalue weighted by Gasteiger charge is 2.25. The molecule has 8 heteroatoms. The fraction of sp³-hybridized carbons (Fsp3) is 0.143. The summed E-state index contributed by atoms with van der Waals surface area (Å²) >= 11 is 1.72. The molecule has 0 radical (unpaired) electrons. The molecule has 2 aromatic heterocycles. The summed E-state index contributed by atoms with van der Waals surface area (Å²) in [6, 6.07) is 20.6. The quantitative estimate of drug-likeness (QED) is 0.367. The van der Waals surface area contributed by atoms with E-state index in [0.29, 0.717) is 17.3 Å². The van der Waals surface area contributed by atoms with E-state index in [4.69, 9.17) is 4.42 Å². The van der Waals surface area contributed by atoms with Gasteiger partial charge in [0.05, 0.1) is 9.80 Å². The minimum absolute atomic E-state index is 0.0249. The minimum atomic E-state index is -0.436. The summed E-state index contributed by atoms with van der Waals surface area (Å²) in [5.74, 6) is 0.860. The zero-order chi connectivity index (χ0) is 20.2. The van der Waals surface area contributed by atoms with E-state index in [1.807, 2.05) is 31.2 Å². The Morgan fingerprint density at radius 3 is 2.45 bits per heavy atom. The van der Waals surface area contributed by atoms with Crippen LogP contribution in [0.3, 0.4) is 0 Å². The first kappa shape index (κ1) is 19.0. The van der Waals surface area contributed by atoms with Crippen LogP contribution >= 0.6 is 11.3 Å². The zero-order valence-electron chi connectivity index (χ0n) is 15.6. The molecule has 0 bridgehead atoms. The molecule has 0 aliphatic rings. The summed E-state index contributed by atoms with van der Waals surface area (Å²) < 4.78 is 5.87. The summed E-state index contributed by atoms with van der Waals surface area (Å²) in [5, 5.41) is 23.4.